The van der Waals surface area contributed by atoms with Gasteiger partial charge in [0.05, 0.1) is 32.3 Å². The second-order valence-corrected chi connectivity index (χ2v) is 6.96. The van der Waals surface area contributed by atoms with Crippen molar-refractivity contribution >= 4 is 39.9 Å². The van der Waals surface area contributed by atoms with Gasteiger partial charge in [-0.1, -0.05) is 53.5 Å². The minimum atomic E-state index is -0.236. The standard InChI is InChI=1S/C20H11Cl2N5O/c21-14-7-6-13(10-15(14)22)26-9-8-16-17(19(26)28)18(12-4-2-1-3-5-12)27-20(25-16)23-11-24-27/h1-11H. The summed E-state index contributed by atoms with van der Waals surface area (Å²) in [6.07, 6.45) is 3.09. The number of nitrogens with zero attached hydrogens (tertiary/aromatic N) is 5. The summed E-state index contributed by atoms with van der Waals surface area (Å²) in [5.41, 5.74) is 2.39. The van der Waals surface area contributed by atoms with E-state index in [1.165, 1.54) is 10.9 Å². The number of pyridine rings is 1. The molecular weight excluding hydrogens is 397 g/mol. The Morgan fingerprint density at radius 2 is 1.75 bits per heavy atom. The zero-order chi connectivity index (χ0) is 19.3. The molecule has 3 heterocycles. The first-order valence-corrected chi connectivity index (χ1v) is 9.15. The molecular formula is C20H11Cl2N5O. The average molecular weight is 408 g/mol. The molecule has 0 aliphatic rings. The molecule has 6 nitrogen and oxygen atoms in total. The predicted octanol–water partition coefficient (Wildman–Crippen LogP) is 4.40. The second-order valence-electron chi connectivity index (χ2n) is 6.15. The Balaban J connectivity index is 1.91. The van der Waals surface area contributed by atoms with E-state index in [4.69, 9.17) is 23.2 Å². The third-order valence-electron chi connectivity index (χ3n) is 4.50. The minimum absolute atomic E-state index is 0.236. The van der Waals surface area contributed by atoms with Gasteiger partial charge in [-0.05, 0) is 24.3 Å². The van der Waals surface area contributed by atoms with Crippen LogP contribution in [0.3, 0.4) is 0 Å². The highest BCUT2D eigenvalue weighted by atomic mass is 35.5. The zero-order valence-electron chi connectivity index (χ0n) is 14.3. The molecule has 0 amide bonds. The van der Waals surface area contributed by atoms with E-state index >= 15 is 0 Å². The number of aromatic nitrogens is 5. The molecule has 0 atom stereocenters. The van der Waals surface area contributed by atoms with Crippen LogP contribution in [0.5, 0.6) is 0 Å². The number of hydrogen-bond acceptors (Lipinski definition) is 4. The van der Waals surface area contributed by atoms with Gasteiger partial charge in [0, 0.05) is 11.8 Å². The van der Waals surface area contributed by atoms with Gasteiger partial charge in [0.2, 0.25) is 0 Å². The smallest absolute Gasteiger partial charge is 0.266 e. The van der Waals surface area contributed by atoms with Crippen LogP contribution in [0.1, 0.15) is 0 Å². The molecule has 2 aromatic carbocycles. The molecule has 0 N–H and O–H groups in total. The monoisotopic (exact) mass is 407 g/mol. The van der Waals surface area contributed by atoms with E-state index in [0.29, 0.717) is 38.1 Å². The normalized spacial score (nSPS) is 11.4. The second kappa shape index (κ2) is 6.44. The molecule has 0 aliphatic heterocycles. The van der Waals surface area contributed by atoms with E-state index in [0.717, 1.165) is 5.56 Å². The molecule has 0 radical (unpaired) electrons. The lowest BCUT2D eigenvalue weighted by atomic mass is 10.1. The first-order valence-electron chi connectivity index (χ1n) is 8.39. The topological polar surface area (TPSA) is 65.1 Å². The summed E-state index contributed by atoms with van der Waals surface area (Å²) in [6, 6.07) is 16.4. The van der Waals surface area contributed by atoms with Gasteiger partial charge in [-0.15, -0.1) is 0 Å². The van der Waals surface area contributed by atoms with Gasteiger partial charge >= 0.3 is 0 Å². The summed E-state index contributed by atoms with van der Waals surface area (Å²) in [5.74, 6) is 0.429. The van der Waals surface area contributed by atoms with E-state index in [2.05, 4.69) is 15.1 Å². The van der Waals surface area contributed by atoms with Gasteiger partial charge in [-0.25, -0.2) is 4.98 Å². The molecule has 0 bridgehead atoms. The van der Waals surface area contributed by atoms with Crippen LogP contribution in [0.2, 0.25) is 10.0 Å². The summed E-state index contributed by atoms with van der Waals surface area (Å²) in [6.45, 7) is 0. The number of hydrogen-bond donors (Lipinski definition) is 0. The Morgan fingerprint density at radius 3 is 2.54 bits per heavy atom. The van der Waals surface area contributed by atoms with Crippen LogP contribution >= 0.6 is 23.2 Å². The number of halogens is 2. The number of fused-ring (bicyclic) bond motifs is 2. The fourth-order valence-electron chi connectivity index (χ4n) is 3.23. The molecule has 136 valence electrons. The van der Waals surface area contributed by atoms with Gasteiger partial charge < -0.3 is 0 Å². The Morgan fingerprint density at radius 1 is 0.929 bits per heavy atom. The van der Waals surface area contributed by atoms with Crippen molar-refractivity contribution in [2.45, 2.75) is 0 Å². The van der Waals surface area contributed by atoms with E-state index in [-0.39, 0.29) is 5.56 Å². The molecule has 5 aromatic rings. The van der Waals surface area contributed by atoms with Crippen LogP contribution in [0.4, 0.5) is 0 Å². The molecule has 0 spiro atoms. The molecule has 0 aliphatic carbocycles. The Kier molecular flexibility index (Phi) is 3.89. The van der Waals surface area contributed by atoms with Crippen molar-refractivity contribution in [3.05, 3.63) is 87.5 Å². The van der Waals surface area contributed by atoms with Gasteiger partial charge in [-0.3, -0.25) is 9.36 Å². The van der Waals surface area contributed by atoms with Crippen molar-refractivity contribution in [1.29, 1.82) is 0 Å². The van der Waals surface area contributed by atoms with Gasteiger partial charge in [0.25, 0.3) is 11.3 Å². The fourth-order valence-corrected chi connectivity index (χ4v) is 3.52. The maximum absolute atomic E-state index is 13.5. The number of benzene rings is 2. The quantitative estimate of drug-likeness (QED) is 0.434. The van der Waals surface area contributed by atoms with Crippen LogP contribution in [0.15, 0.2) is 71.9 Å². The SMILES string of the molecule is O=c1c2c(-c3ccccc3)n3ncnc3nc2ccn1-c1ccc(Cl)c(Cl)c1. The van der Waals surface area contributed by atoms with Crippen LogP contribution in [-0.4, -0.2) is 24.1 Å². The maximum atomic E-state index is 13.5. The minimum Gasteiger partial charge on any atom is -0.284 e. The Hall–Kier alpha value is -3.22. The fraction of sp³-hybridized carbons (Fsp3) is 0. The lowest BCUT2D eigenvalue weighted by Crippen LogP contribution is -2.20. The maximum Gasteiger partial charge on any atom is 0.266 e. The van der Waals surface area contributed by atoms with Crippen LogP contribution in [0.25, 0.3) is 33.6 Å². The molecule has 0 saturated carbocycles. The summed E-state index contributed by atoms with van der Waals surface area (Å²) < 4.78 is 3.10. The van der Waals surface area contributed by atoms with Crippen molar-refractivity contribution in [3.8, 4) is 16.9 Å². The summed E-state index contributed by atoms with van der Waals surface area (Å²) in [4.78, 5) is 22.1. The summed E-state index contributed by atoms with van der Waals surface area (Å²) in [7, 11) is 0. The van der Waals surface area contributed by atoms with Crippen molar-refractivity contribution in [3.63, 3.8) is 0 Å². The van der Waals surface area contributed by atoms with E-state index in [1.54, 1.807) is 35.0 Å². The molecule has 0 saturated heterocycles. The highest BCUT2D eigenvalue weighted by molar-refractivity contribution is 6.42. The van der Waals surface area contributed by atoms with Crippen LogP contribution < -0.4 is 5.56 Å². The Bertz CT molecular complexity index is 1410. The van der Waals surface area contributed by atoms with Gasteiger partial charge in [-0.2, -0.15) is 14.6 Å². The third kappa shape index (κ3) is 2.58. The molecule has 0 fully saturated rings. The van der Waals surface area contributed by atoms with E-state index < -0.39 is 0 Å². The zero-order valence-corrected chi connectivity index (χ0v) is 15.8. The molecule has 5 rings (SSSR count). The van der Waals surface area contributed by atoms with Gasteiger partial charge in [0.1, 0.15) is 6.33 Å². The lowest BCUT2D eigenvalue weighted by Gasteiger charge is -2.12. The van der Waals surface area contributed by atoms with Crippen molar-refractivity contribution in [2.75, 3.05) is 0 Å². The number of rotatable bonds is 2. The van der Waals surface area contributed by atoms with Gasteiger partial charge in [0.15, 0.2) is 0 Å². The van der Waals surface area contributed by atoms with Crippen molar-refractivity contribution in [1.82, 2.24) is 24.1 Å². The summed E-state index contributed by atoms with van der Waals surface area (Å²) >= 11 is 12.2. The first kappa shape index (κ1) is 16.9. The predicted molar refractivity (Wildman–Crippen MR) is 109 cm³/mol. The lowest BCUT2D eigenvalue weighted by molar-refractivity contribution is 0.948. The van der Waals surface area contributed by atoms with E-state index in [1.807, 2.05) is 30.3 Å². The third-order valence-corrected chi connectivity index (χ3v) is 5.24. The molecule has 0 unspecified atom stereocenters. The van der Waals surface area contributed by atoms with Crippen LogP contribution in [0, 0.1) is 0 Å². The van der Waals surface area contributed by atoms with E-state index in [9.17, 15) is 4.79 Å². The van der Waals surface area contributed by atoms with Crippen LogP contribution in [-0.2, 0) is 0 Å². The average Bonchev–Trinajstić information content (AvgIpc) is 3.18. The highest BCUT2D eigenvalue weighted by Gasteiger charge is 2.17. The molecule has 3 aromatic heterocycles. The highest BCUT2D eigenvalue weighted by Crippen LogP contribution is 2.27. The molecule has 8 heteroatoms. The Labute approximate surface area is 168 Å². The van der Waals surface area contributed by atoms with Crippen molar-refractivity contribution < 1.29 is 0 Å². The van der Waals surface area contributed by atoms with Crippen molar-refractivity contribution in [2.24, 2.45) is 0 Å². The molecule has 28 heavy (non-hydrogen) atoms. The largest absolute Gasteiger partial charge is 0.284 e. The summed E-state index contributed by atoms with van der Waals surface area (Å²) in [5, 5.41) is 5.51. The first-order chi connectivity index (χ1) is 13.6.